The molecule has 1 aliphatic rings. The summed E-state index contributed by atoms with van der Waals surface area (Å²) in [6.45, 7) is 0. The Hall–Kier alpha value is -1.68. The van der Waals surface area contributed by atoms with Gasteiger partial charge < -0.3 is 9.73 Å². The molecule has 1 atom stereocenters. The first-order chi connectivity index (χ1) is 9.83. The van der Waals surface area contributed by atoms with E-state index >= 15 is 0 Å². The van der Waals surface area contributed by atoms with Crippen LogP contribution >= 0.6 is 11.8 Å². The average molecular weight is 287 g/mol. The zero-order chi connectivity index (χ0) is 13.8. The van der Waals surface area contributed by atoms with Gasteiger partial charge in [-0.2, -0.15) is 0 Å². The molecule has 20 heavy (non-hydrogen) atoms. The van der Waals surface area contributed by atoms with Crippen molar-refractivity contribution in [1.82, 2.24) is 5.32 Å². The van der Waals surface area contributed by atoms with Crippen LogP contribution in [0, 0.1) is 0 Å². The normalized spacial score (nSPS) is 17.5. The Kier molecular flexibility index (Phi) is 4.11. The van der Waals surface area contributed by atoms with Gasteiger partial charge in [-0.3, -0.25) is 4.79 Å². The molecule has 2 aromatic rings. The Morgan fingerprint density at radius 2 is 2.20 bits per heavy atom. The predicted octanol–water partition coefficient (Wildman–Crippen LogP) is 3.57. The van der Waals surface area contributed by atoms with Crippen molar-refractivity contribution < 1.29 is 9.21 Å². The number of thioether (sulfide) groups is 1. The molecule has 1 aliphatic heterocycles. The lowest BCUT2D eigenvalue weighted by Gasteiger charge is -2.25. The highest BCUT2D eigenvalue weighted by atomic mass is 32.2. The van der Waals surface area contributed by atoms with Crippen LogP contribution in [0.2, 0.25) is 0 Å². The van der Waals surface area contributed by atoms with E-state index in [0.717, 1.165) is 17.9 Å². The van der Waals surface area contributed by atoms with Gasteiger partial charge in [-0.05, 0) is 30.2 Å². The number of amides is 1. The van der Waals surface area contributed by atoms with Gasteiger partial charge in [0.25, 0.3) is 0 Å². The summed E-state index contributed by atoms with van der Waals surface area (Å²) in [6, 6.07) is 12.2. The monoisotopic (exact) mass is 287 g/mol. The number of benzene rings is 1. The molecule has 0 saturated carbocycles. The maximum Gasteiger partial charge on any atom is 0.220 e. The van der Waals surface area contributed by atoms with Gasteiger partial charge in [-0.1, -0.05) is 18.2 Å². The smallest absolute Gasteiger partial charge is 0.220 e. The fourth-order valence-electron chi connectivity index (χ4n) is 2.45. The van der Waals surface area contributed by atoms with E-state index in [4.69, 9.17) is 4.42 Å². The van der Waals surface area contributed by atoms with E-state index < -0.39 is 0 Å². The van der Waals surface area contributed by atoms with E-state index in [9.17, 15) is 4.79 Å². The highest BCUT2D eigenvalue weighted by molar-refractivity contribution is 7.99. The fraction of sp³-hybridized carbons (Fsp3) is 0.312. The van der Waals surface area contributed by atoms with Gasteiger partial charge in [0.1, 0.15) is 5.76 Å². The summed E-state index contributed by atoms with van der Waals surface area (Å²) in [5, 5.41) is 3.14. The van der Waals surface area contributed by atoms with Gasteiger partial charge >= 0.3 is 0 Å². The molecular weight excluding hydrogens is 270 g/mol. The molecule has 1 amide bonds. The van der Waals surface area contributed by atoms with Crippen LogP contribution in [0.3, 0.4) is 0 Å². The van der Waals surface area contributed by atoms with Crippen molar-refractivity contribution in [2.75, 3.05) is 5.75 Å². The first-order valence-electron chi connectivity index (χ1n) is 6.86. The number of furan rings is 1. The Bertz CT molecular complexity index is 580. The summed E-state index contributed by atoms with van der Waals surface area (Å²) in [4.78, 5) is 13.3. The molecule has 1 aromatic heterocycles. The number of carbonyl (C=O) groups excluding carboxylic acids is 1. The quantitative estimate of drug-likeness (QED) is 0.935. The molecule has 0 aliphatic carbocycles. The average Bonchev–Trinajstić information content (AvgIpc) is 2.99. The molecule has 0 saturated heterocycles. The summed E-state index contributed by atoms with van der Waals surface area (Å²) in [5.41, 5.74) is 1.25. The molecule has 0 spiro atoms. The predicted molar refractivity (Wildman–Crippen MR) is 79.7 cm³/mol. The topological polar surface area (TPSA) is 42.2 Å². The minimum atomic E-state index is 0.0908. The van der Waals surface area contributed by atoms with Crippen molar-refractivity contribution >= 4 is 17.7 Å². The summed E-state index contributed by atoms with van der Waals surface area (Å²) in [5.74, 6) is 2.01. The highest BCUT2D eigenvalue weighted by Gasteiger charge is 2.21. The lowest BCUT2D eigenvalue weighted by molar-refractivity contribution is -0.121. The van der Waals surface area contributed by atoms with Gasteiger partial charge in [0, 0.05) is 23.5 Å². The van der Waals surface area contributed by atoms with E-state index in [1.165, 1.54) is 10.5 Å². The first-order valence-corrected chi connectivity index (χ1v) is 7.85. The van der Waals surface area contributed by atoms with Gasteiger partial charge in [-0.25, -0.2) is 0 Å². The van der Waals surface area contributed by atoms with Gasteiger partial charge in [0.05, 0.1) is 12.3 Å². The second-order valence-electron chi connectivity index (χ2n) is 4.87. The van der Waals surface area contributed by atoms with E-state index in [0.29, 0.717) is 12.8 Å². The molecule has 104 valence electrons. The zero-order valence-corrected chi connectivity index (χ0v) is 12.0. The molecule has 3 rings (SSSR count). The van der Waals surface area contributed by atoms with Crippen LogP contribution < -0.4 is 5.32 Å². The molecule has 2 heterocycles. The zero-order valence-electron chi connectivity index (χ0n) is 11.2. The molecule has 0 radical (unpaired) electrons. The third kappa shape index (κ3) is 3.07. The first kappa shape index (κ1) is 13.3. The van der Waals surface area contributed by atoms with Crippen molar-refractivity contribution in [3.05, 3.63) is 54.0 Å². The summed E-state index contributed by atoms with van der Waals surface area (Å²) in [6.07, 6.45) is 3.76. The van der Waals surface area contributed by atoms with Crippen molar-refractivity contribution in [2.24, 2.45) is 0 Å². The van der Waals surface area contributed by atoms with Gasteiger partial charge in [0.2, 0.25) is 5.91 Å². The molecule has 0 unspecified atom stereocenters. The molecule has 3 nitrogen and oxygen atoms in total. The number of hydrogen-bond donors (Lipinski definition) is 1. The maximum atomic E-state index is 12.1. The molecular formula is C16H17NO2S. The standard InChI is InChI=1S/C16H17NO2S/c18-16(8-7-12-4-3-10-19-12)17-14-9-11-20-15-6-2-1-5-13(14)15/h1-6,10,14H,7-9,11H2,(H,17,18)/t14-/m0/s1. The number of carbonyl (C=O) groups is 1. The maximum absolute atomic E-state index is 12.1. The van der Waals surface area contributed by atoms with E-state index in [1.54, 1.807) is 6.26 Å². The third-order valence-electron chi connectivity index (χ3n) is 3.47. The third-order valence-corrected chi connectivity index (χ3v) is 4.59. The van der Waals surface area contributed by atoms with Crippen LogP contribution in [0.1, 0.15) is 30.2 Å². The lowest BCUT2D eigenvalue weighted by atomic mass is 10.0. The Morgan fingerprint density at radius 3 is 3.05 bits per heavy atom. The van der Waals surface area contributed by atoms with Gasteiger partial charge in [0.15, 0.2) is 0 Å². The van der Waals surface area contributed by atoms with Gasteiger partial charge in [-0.15, -0.1) is 11.8 Å². The molecule has 1 N–H and O–H groups in total. The number of fused-ring (bicyclic) bond motifs is 1. The van der Waals surface area contributed by atoms with Crippen molar-refractivity contribution in [2.45, 2.75) is 30.2 Å². The Labute approximate surface area is 122 Å². The molecule has 1 aromatic carbocycles. The van der Waals surface area contributed by atoms with E-state index in [-0.39, 0.29) is 11.9 Å². The van der Waals surface area contributed by atoms with Crippen LogP contribution in [0.25, 0.3) is 0 Å². The largest absolute Gasteiger partial charge is 0.469 e. The summed E-state index contributed by atoms with van der Waals surface area (Å²) >= 11 is 1.86. The lowest BCUT2D eigenvalue weighted by Crippen LogP contribution is -2.30. The Balaban J connectivity index is 1.59. The SMILES string of the molecule is O=C(CCc1ccco1)N[C@H]1CCSc2ccccc21. The Morgan fingerprint density at radius 1 is 1.30 bits per heavy atom. The minimum Gasteiger partial charge on any atom is -0.469 e. The van der Waals surface area contributed by atoms with Crippen LogP contribution in [-0.2, 0) is 11.2 Å². The molecule has 0 bridgehead atoms. The van der Waals surface area contributed by atoms with E-state index in [1.807, 2.05) is 36.0 Å². The van der Waals surface area contributed by atoms with Crippen molar-refractivity contribution in [3.8, 4) is 0 Å². The number of rotatable bonds is 4. The molecule has 4 heteroatoms. The van der Waals surface area contributed by atoms with Crippen LogP contribution in [0.15, 0.2) is 52.0 Å². The number of hydrogen-bond acceptors (Lipinski definition) is 3. The number of nitrogens with one attached hydrogen (secondary N) is 1. The highest BCUT2D eigenvalue weighted by Crippen LogP contribution is 2.35. The summed E-state index contributed by atoms with van der Waals surface area (Å²) in [7, 11) is 0. The fourth-order valence-corrected chi connectivity index (χ4v) is 3.58. The van der Waals surface area contributed by atoms with Crippen LogP contribution in [-0.4, -0.2) is 11.7 Å². The van der Waals surface area contributed by atoms with Crippen LogP contribution in [0.5, 0.6) is 0 Å². The van der Waals surface area contributed by atoms with Crippen molar-refractivity contribution in [3.63, 3.8) is 0 Å². The van der Waals surface area contributed by atoms with E-state index in [2.05, 4.69) is 17.4 Å². The second-order valence-corrected chi connectivity index (χ2v) is 6.01. The van der Waals surface area contributed by atoms with Crippen LogP contribution in [0.4, 0.5) is 0 Å². The summed E-state index contributed by atoms with van der Waals surface area (Å²) < 4.78 is 5.25. The number of aryl methyl sites for hydroxylation is 1. The minimum absolute atomic E-state index is 0.0908. The second kappa shape index (κ2) is 6.18. The van der Waals surface area contributed by atoms with Crippen molar-refractivity contribution in [1.29, 1.82) is 0 Å². The molecule has 0 fully saturated rings.